The van der Waals surface area contributed by atoms with Crippen molar-refractivity contribution >= 4 is 23.6 Å². The maximum Gasteiger partial charge on any atom is 0.246 e. The molecular formula is C27H33N3O2. The average molecular weight is 432 g/mol. The number of rotatable bonds is 4. The highest BCUT2D eigenvalue weighted by Crippen LogP contribution is 2.25. The van der Waals surface area contributed by atoms with Gasteiger partial charge in [0, 0.05) is 56.9 Å². The first-order valence-corrected chi connectivity index (χ1v) is 11.6. The highest BCUT2D eigenvalue weighted by Gasteiger charge is 2.31. The van der Waals surface area contributed by atoms with Crippen LogP contribution in [0.4, 0.5) is 5.69 Å². The van der Waals surface area contributed by atoms with Gasteiger partial charge in [0.15, 0.2) is 0 Å². The minimum Gasteiger partial charge on any atom is -0.368 e. The molecule has 2 heterocycles. The van der Waals surface area contributed by atoms with Crippen molar-refractivity contribution in [3.63, 3.8) is 0 Å². The molecule has 0 atom stereocenters. The number of carbonyl (C=O) groups is 2. The zero-order valence-electron chi connectivity index (χ0n) is 19.2. The topological polar surface area (TPSA) is 43.9 Å². The van der Waals surface area contributed by atoms with Crippen molar-refractivity contribution in [2.45, 2.75) is 26.7 Å². The van der Waals surface area contributed by atoms with Gasteiger partial charge in [-0.2, -0.15) is 0 Å². The normalized spacial score (nSPS) is 17.8. The fraction of sp³-hybridized carbons (Fsp3) is 0.407. The van der Waals surface area contributed by atoms with Crippen molar-refractivity contribution in [2.75, 3.05) is 44.2 Å². The van der Waals surface area contributed by atoms with Crippen LogP contribution in [0.25, 0.3) is 6.08 Å². The summed E-state index contributed by atoms with van der Waals surface area (Å²) in [5.74, 6) is 0.323. The summed E-state index contributed by atoms with van der Waals surface area (Å²) in [7, 11) is 0. The Balaban J connectivity index is 1.25. The fourth-order valence-corrected chi connectivity index (χ4v) is 4.69. The van der Waals surface area contributed by atoms with Crippen LogP contribution in [0.2, 0.25) is 0 Å². The Hall–Kier alpha value is -3.08. The molecule has 5 nitrogen and oxygen atoms in total. The molecule has 5 heteroatoms. The van der Waals surface area contributed by atoms with Crippen LogP contribution in [0.3, 0.4) is 0 Å². The average Bonchev–Trinajstić information content (AvgIpc) is 2.85. The molecule has 0 spiro atoms. The molecule has 0 bridgehead atoms. The highest BCUT2D eigenvalue weighted by atomic mass is 16.2. The lowest BCUT2D eigenvalue weighted by molar-refractivity contribution is -0.139. The molecule has 0 radical (unpaired) electrons. The number of likely N-dealkylation sites (tertiary alicyclic amines) is 1. The summed E-state index contributed by atoms with van der Waals surface area (Å²) in [4.78, 5) is 31.9. The highest BCUT2D eigenvalue weighted by molar-refractivity contribution is 5.92. The van der Waals surface area contributed by atoms with E-state index in [-0.39, 0.29) is 17.7 Å². The van der Waals surface area contributed by atoms with E-state index in [1.807, 2.05) is 46.2 Å². The van der Waals surface area contributed by atoms with E-state index in [4.69, 9.17) is 0 Å². The number of hydrogen-bond acceptors (Lipinski definition) is 3. The lowest BCUT2D eigenvalue weighted by Crippen LogP contribution is -2.52. The number of anilines is 1. The molecule has 2 aromatic rings. The quantitative estimate of drug-likeness (QED) is 0.690. The molecule has 2 aliphatic heterocycles. The number of amides is 2. The first kappa shape index (κ1) is 22.1. The smallest absolute Gasteiger partial charge is 0.246 e. The molecule has 0 unspecified atom stereocenters. The minimum atomic E-state index is 0.0295. The van der Waals surface area contributed by atoms with Crippen molar-refractivity contribution in [3.05, 3.63) is 71.3 Å². The Morgan fingerprint density at radius 2 is 1.50 bits per heavy atom. The minimum absolute atomic E-state index is 0.0295. The third-order valence-electron chi connectivity index (χ3n) is 6.88. The zero-order chi connectivity index (χ0) is 22.5. The predicted molar refractivity (Wildman–Crippen MR) is 129 cm³/mol. The van der Waals surface area contributed by atoms with E-state index in [0.29, 0.717) is 13.1 Å². The Morgan fingerprint density at radius 3 is 2.19 bits per heavy atom. The van der Waals surface area contributed by atoms with Gasteiger partial charge in [-0.1, -0.05) is 42.5 Å². The van der Waals surface area contributed by atoms with E-state index >= 15 is 0 Å². The lowest BCUT2D eigenvalue weighted by atomic mass is 9.94. The maximum absolute atomic E-state index is 13.1. The van der Waals surface area contributed by atoms with Gasteiger partial charge in [-0.3, -0.25) is 9.59 Å². The van der Waals surface area contributed by atoms with Crippen molar-refractivity contribution in [2.24, 2.45) is 5.92 Å². The van der Waals surface area contributed by atoms with Gasteiger partial charge in [0.25, 0.3) is 0 Å². The van der Waals surface area contributed by atoms with Crippen LogP contribution in [0, 0.1) is 19.8 Å². The first-order chi connectivity index (χ1) is 15.5. The second-order valence-electron chi connectivity index (χ2n) is 8.87. The van der Waals surface area contributed by atoms with Crippen LogP contribution in [-0.4, -0.2) is 60.9 Å². The standard InChI is InChI=1S/C27H33N3O2/c1-21-7-6-10-25(22(21)2)28-17-19-30(20-18-28)27(32)24-13-15-29(16-14-24)26(31)12-11-23-8-4-3-5-9-23/h3-12,24H,13-20H2,1-2H3/b12-11+. The lowest BCUT2D eigenvalue weighted by Gasteiger charge is -2.39. The van der Waals surface area contributed by atoms with E-state index in [1.165, 1.54) is 16.8 Å². The maximum atomic E-state index is 13.1. The van der Waals surface area contributed by atoms with Crippen LogP contribution >= 0.6 is 0 Å². The number of benzene rings is 2. The molecule has 0 aromatic heterocycles. The Morgan fingerprint density at radius 1 is 0.812 bits per heavy atom. The summed E-state index contributed by atoms with van der Waals surface area (Å²) in [6.07, 6.45) is 5.00. The van der Waals surface area contributed by atoms with Gasteiger partial charge in [0.05, 0.1) is 0 Å². The Bertz CT molecular complexity index is 970. The Kier molecular flexibility index (Phi) is 6.93. The van der Waals surface area contributed by atoms with Gasteiger partial charge >= 0.3 is 0 Å². The molecular weight excluding hydrogens is 398 g/mol. The molecule has 2 aliphatic rings. The molecule has 2 saturated heterocycles. The van der Waals surface area contributed by atoms with Crippen molar-refractivity contribution in [1.82, 2.24) is 9.80 Å². The molecule has 2 fully saturated rings. The number of hydrogen-bond donors (Lipinski definition) is 0. The number of piperazine rings is 1. The molecule has 4 rings (SSSR count). The first-order valence-electron chi connectivity index (χ1n) is 11.6. The monoisotopic (exact) mass is 431 g/mol. The van der Waals surface area contributed by atoms with Gasteiger partial charge in [0.1, 0.15) is 0 Å². The number of piperidine rings is 1. The van der Waals surface area contributed by atoms with Crippen LogP contribution in [0.1, 0.15) is 29.5 Å². The summed E-state index contributed by atoms with van der Waals surface area (Å²) >= 11 is 0. The van der Waals surface area contributed by atoms with Crippen LogP contribution in [-0.2, 0) is 9.59 Å². The van der Waals surface area contributed by atoms with Gasteiger partial charge < -0.3 is 14.7 Å². The summed E-state index contributed by atoms with van der Waals surface area (Å²) in [6.45, 7) is 8.90. The van der Waals surface area contributed by atoms with Crippen LogP contribution in [0.5, 0.6) is 0 Å². The fourth-order valence-electron chi connectivity index (χ4n) is 4.69. The summed E-state index contributed by atoms with van der Waals surface area (Å²) in [6, 6.07) is 16.3. The van der Waals surface area contributed by atoms with Crippen LogP contribution < -0.4 is 4.90 Å². The van der Waals surface area contributed by atoms with Gasteiger partial charge in [-0.05, 0) is 55.5 Å². The van der Waals surface area contributed by atoms with Gasteiger partial charge in [0.2, 0.25) is 11.8 Å². The molecule has 0 N–H and O–H groups in total. The molecule has 0 aliphatic carbocycles. The van der Waals surface area contributed by atoms with E-state index in [9.17, 15) is 9.59 Å². The van der Waals surface area contributed by atoms with Crippen molar-refractivity contribution in [3.8, 4) is 0 Å². The summed E-state index contributed by atoms with van der Waals surface area (Å²) in [5, 5.41) is 0. The molecule has 168 valence electrons. The third kappa shape index (κ3) is 5.04. The SMILES string of the molecule is Cc1cccc(N2CCN(C(=O)C3CCN(C(=O)/C=C/c4ccccc4)CC3)CC2)c1C. The third-order valence-corrected chi connectivity index (χ3v) is 6.88. The largest absolute Gasteiger partial charge is 0.368 e. The Labute approximate surface area is 191 Å². The number of carbonyl (C=O) groups excluding carboxylic acids is 2. The number of nitrogens with zero attached hydrogens (tertiary/aromatic N) is 3. The van der Waals surface area contributed by atoms with Gasteiger partial charge in [-0.25, -0.2) is 0 Å². The summed E-state index contributed by atoms with van der Waals surface area (Å²) < 4.78 is 0. The van der Waals surface area contributed by atoms with E-state index in [0.717, 1.165) is 44.6 Å². The van der Waals surface area contributed by atoms with E-state index in [1.54, 1.807) is 6.08 Å². The summed E-state index contributed by atoms with van der Waals surface area (Å²) in [5.41, 5.74) is 4.94. The predicted octanol–water partition coefficient (Wildman–Crippen LogP) is 3.90. The molecule has 2 aromatic carbocycles. The second-order valence-corrected chi connectivity index (χ2v) is 8.87. The van der Waals surface area contributed by atoms with E-state index < -0.39 is 0 Å². The van der Waals surface area contributed by atoms with Gasteiger partial charge in [-0.15, -0.1) is 0 Å². The van der Waals surface area contributed by atoms with E-state index in [2.05, 4.69) is 36.9 Å². The van der Waals surface area contributed by atoms with Crippen molar-refractivity contribution in [1.29, 1.82) is 0 Å². The molecule has 32 heavy (non-hydrogen) atoms. The molecule has 0 saturated carbocycles. The second kappa shape index (κ2) is 10.0. The van der Waals surface area contributed by atoms with Crippen molar-refractivity contribution < 1.29 is 9.59 Å². The van der Waals surface area contributed by atoms with Crippen LogP contribution in [0.15, 0.2) is 54.6 Å². The zero-order valence-corrected chi connectivity index (χ0v) is 19.2. The number of aryl methyl sites for hydroxylation is 1. The molecule has 2 amide bonds.